The van der Waals surface area contributed by atoms with Crippen LogP contribution in [-0.4, -0.2) is 54.7 Å². The van der Waals surface area contributed by atoms with Gasteiger partial charge in [-0.15, -0.1) is 0 Å². The van der Waals surface area contributed by atoms with Crippen molar-refractivity contribution in [1.82, 2.24) is 9.80 Å². The predicted molar refractivity (Wildman–Crippen MR) is 69.1 cm³/mol. The van der Waals surface area contributed by atoms with Gasteiger partial charge in [0.1, 0.15) is 5.56 Å². The van der Waals surface area contributed by atoms with Crippen LogP contribution in [0.2, 0.25) is 0 Å². The maximum absolute atomic E-state index is 11.9. The van der Waals surface area contributed by atoms with E-state index in [1.807, 2.05) is 0 Å². The van der Waals surface area contributed by atoms with E-state index < -0.39 is 10.8 Å². The molecule has 0 radical (unpaired) electrons. The Balaban J connectivity index is 3.38. The smallest absolute Gasteiger partial charge is 0.282 e. The average molecular weight is 265 g/mol. The second kappa shape index (κ2) is 5.47. The predicted octanol–water partition coefficient (Wildman–Crippen LogP) is 0.998. The second-order valence-electron chi connectivity index (χ2n) is 4.39. The van der Waals surface area contributed by atoms with Gasteiger partial charge in [0.25, 0.3) is 17.5 Å². The maximum atomic E-state index is 11.9. The highest BCUT2D eigenvalue weighted by Crippen LogP contribution is 2.21. The van der Waals surface area contributed by atoms with E-state index in [2.05, 4.69) is 0 Å². The van der Waals surface area contributed by atoms with Crippen molar-refractivity contribution in [2.45, 2.75) is 0 Å². The maximum Gasteiger partial charge on any atom is 0.282 e. The van der Waals surface area contributed by atoms with Crippen LogP contribution >= 0.6 is 0 Å². The number of nitro groups is 1. The van der Waals surface area contributed by atoms with E-state index in [9.17, 15) is 19.7 Å². The van der Waals surface area contributed by atoms with E-state index >= 15 is 0 Å². The fourth-order valence-corrected chi connectivity index (χ4v) is 1.50. The molecule has 19 heavy (non-hydrogen) atoms. The van der Waals surface area contributed by atoms with Crippen molar-refractivity contribution in [3.05, 3.63) is 39.4 Å². The Morgan fingerprint density at radius 3 is 2.00 bits per heavy atom. The van der Waals surface area contributed by atoms with Gasteiger partial charge < -0.3 is 9.80 Å². The first-order chi connectivity index (χ1) is 8.75. The van der Waals surface area contributed by atoms with Crippen LogP contribution in [0.15, 0.2) is 18.2 Å². The van der Waals surface area contributed by atoms with Crippen LogP contribution in [0.1, 0.15) is 20.7 Å². The molecule has 0 unspecified atom stereocenters. The molecule has 0 spiro atoms. The Bertz CT molecular complexity index is 538. The summed E-state index contributed by atoms with van der Waals surface area (Å²) in [6, 6.07) is 3.77. The number of hydrogen-bond acceptors (Lipinski definition) is 4. The largest absolute Gasteiger partial charge is 0.345 e. The normalized spacial score (nSPS) is 9.89. The molecule has 0 aliphatic rings. The molecule has 0 saturated carbocycles. The van der Waals surface area contributed by atoms with E-state index in [0.717, 1.165) is 0 Å². The van der Waals surface area contributed by atoms with Gasteiger partial charge in [0.2, 0.25) is 0 Å². The summed E-state index contributed by atoms with van der Waals surface area (Å²) in [5.74, 6) is -0.831. The van der Waals surface area contributed by atoms with Crippen molar-refractivity contribution in [2.75, 3.05) is 28.2 Å². The van der Waals surface area contributed by atoms with Crippen LogP contribution < -0.4 is 0 Å². The summed E-state index contributed by atoms with van der Waals surface area (Å²) >= 11 is 0. The molecule has 0 aliphatic heterocycles. The molecule has 0 atom stereocenters. The molecule has 7 heteroatoms. The lowest BCUT2D eigenvalue weighted by atomic mass is 10.1. The summed E-state index contributed by atoms with van der Waals surface area (Å²) in [6.07, 6.45) is 0. The molecule has 0 bridgehead atoms. The molecule has 0 fully saturated rings. The van der Waals surface area contributed by atoms with Gasteiger partial charge in [-0.25, -0.2) is 0 Å². The third kappa shape index (κ3) is 3.06. The van der Waals surface area contributed by atoms with Crippen molar-refractivity contribution < 1.29 is 14.5 Å². The molecule has 0 heterocycles. The molecule has 0 N–H and O–H groups in total. The summed E-state index contributed by atoms with van der Waals surface area (Å²) in [5.41, 5.74) is -0.169. The Morgan fingerprint density at radius 2 is 1.58 bits per heavy atom. The summed E-state index contributed by atoms with van der Waals surface area (Å²) in [7, 11) is 6.12. The molecule has 0 aromatic heterocycles. The zero-order chi connectivity index (χ0) is 14.7. The molecule has 1 rings (SSSR count). The molecule has 1 aromatic rings. The van der Waals surface area contributed by atoms with Gasteiger partial charge >= 0.3 is 0 Å². The minimum Gasteiger partial charge on any atom is -0.345 e. The van der Waals surface area contributed by atoms with E-state index in [0.29, 0.717) is 0 Å². The van der Waals surface area contributed by atoms with E-state index in [1.54, 1.807) is 14.1 Å². The first kappa shape index (κ1) is 14.6. The lowest BCUT2D eigenvalue weighted by molar-refractivity contribution is -0.385. The van der Waals surface area contributed by atoms with E-state index in [1.165, 1.54) is 42.1 Å². The van der Waals surface area contributed by atoms with Crippen LogP contribution in [0.25, 0.3) is 0 Å². The Morgan fingerprint density at radius 1 is 1.05 bits per heavy atom. The third-order valence-electron chi connectivity index (χ3n) is 2.48. The SMILES string of the molecule is CN(C)C(=O)c1ccc([N+](=O)[O-])c(C(=O)N(C)C)c1. The topological polar surface area (TPSA) is 83.8 Å². The molecular weight excluding hydrogens is 250 g/mol. The molecule has 102 valence electrons. The number of benzene rings is 1. The fourth-order valence-electron chi connectivity index (χ4n) is 1.50. The summed E-state index contributed by atoms with van der Waals surface area (Å²) in [6.45, 7) is 0. The molecule has 0 saturated heterocycles. The summed E-state index contributed by atoms with van der Waals surface area (Å²) < 4.78 is 0. The molecule has 7 nitrogen and oxygen atoms in total. The van der Waals surface area contributed by atoms with Crippen LogP contribution in [-0.2, 0) is 0 Å². The minimum atomic E-state index is -0.638. The van der Waals surface area contributed by atoms with Crippen molar-refractivity contribution in [3.8, 4) is 0 Å². The Kier molecular flexibility index (Phi) is 4.21. The lowest BCUT2D eigenvalue weighted by Gasteiger charge is -2.13. The number of nitrogens with zero attached hydrogens (tertiary/aromatic N) is 3. The number of rotatable bonds is 3. The highest BCUT2D eigenvalue weighted by atomic mass is 16.6. The van der Waals surface area contributed by atoms with E-state index in [-0.39, 0.29) is 22.7 Å². The molecular formula is C12H15N3O4. The highest BCUT2D eigenvalue weighted by Gasteiger charge is 2.23. The summed E-state index contributed by atoms with van der Waals surface area (Å²) in [4.78, 5) is 36.5. The fraction of sp³-hybridized carbons (Fsp3) is 0.333. The molecule has 1 aromatic carbocycles. The zero-order valence-corrected chi connectivity index (χ0v) is 11.2. The van der Waals surface area contributed by atoms with Gasteiger partial charge in [-0.2, -0.15) is 0 Å². The quantitative estimate of drug-likeness (QED) is 0.603. The average Bonchev–Trinajstić information content (AvgIpc) is 2.35. The Labute approximate surface area is 110 Å². The monoisotopic (exact) mass is 265 g/mol. The van der Waals surface area contributed by atoms with Crippen LogP contribution in [0, 0.1) is 10.1 Å². The first-order valence-corrected chi connectivity index (χ1v) is 5.47. The van der Waals surface area contributed by atoms with Crippen molar-refractivity contribution in [2.24, 2.45) is 0 Å². The van der Waals surface area contributed by atoms with Crippen molar-refractivity contribution >= 4 is 17.5 Å². The van der Waals surface area contributed by atoms with Gasteiger partial charge in [0.15, 0.2) is 0 Å². The van der Waals surface area contributed by atoms with Gasteiger partial charge in [-0.3, -0.25) is 19.7 Å². The molecule has 2 amide bonds. The van der Waals surface area contributed by atoms with Gasteiger partial charge in [-0.1, -0.05) is 0 Å². The van der Waals surface area contributed by atoms with Gasteiger partial charge in [0, 0.05) is 39.8 Å². The number of nitro benzene ring substituents is 1. The number of amides is 2. The number of carbonyl (C=O) groups is 2. The molecule has 0 aliphatic carbocycles. The number of hydrogen-bond donors (Lipinski definition) is 0. The van der Waals surface area contributed by atoms with Crippen molar-refractivity contribution in [3.63, 3.8) is 0 Å². The second-order valence-corrected chi connectivity index (χ2v) is 4.39. The zero-order valence-electron chi connectivity index (χ0n) is 11.2. The van der Waals surface area contributed by atoms with Gasteiger partial charge in [-0.05, 0) is 12.1 Å². The van der Waals surface area contributed by atoms with Crippen LogP contribution in [0.4, 0.5) is 5.69 Å². The highest BCUT2D eigenvalue weighted by molar-refractivity contribution is 6.02. The van der Waals surface area contributed by atoms with Crippen LogP contribution in [0.5, 0.6) is 0 Å². The van der Waals surface area contributed by atoms with E-state index in [4.69, 9.17) is 0 Å². The number of carbonyl (C=O) groups excluding carboxylic acids is 2. The summed E-state index contributed by atoms with van der Waals surface area (Å²) in [5, 5.41) is 10.9. The standard InChI is InChI=1S/C12H15N3O4/c1-13(2)11(16)8-5-6-10(15(18)19)9(7-8)12(17)14(3)4/h5-7H,1-4H3. The minimum absolute atomic E-state index is 0.0947. The van der Waals surface area contributed by atoms with Crippen LogP contribution in [0.3, 0.4) is 0 Å². The van der Waals surface area contributed by atoms with Crippen molar-refractivity contribution in [1.29, 1.82) is 0 Å². The Hall–Kier alpha value is -2.44. The third-order valence-corrected chi connectivity index (χ3v) is 2.48. The first-order valence-electron chi connectivity index (χ1n) is 5.47. The van der Waals surface area contributed by atoms with Gasteiger partial charge in [0.05, 0.1) is 4.92 Å². The lowest BCUT2D eigenvalue weighted by Crippen LogP contribution is -2.25.